The molecule has 0 amide bonds. The second kappa shape index (κ2) is 6.54. The molecule has 0 unspecified atom stereocenters. The first-order valence-electron chi connectivity index (χ1n) is 6.59. The molecule has 2 aromatic carbocycles. The summed E-state index contributed by atoms with van der Waals surface area (Å²) in [6.07, 6.45) is 0.873. The fourth-order valence-electron chi connectivity index (χ4n) is 2.17. The molecule has 2 aromatic rings. The first kappa shape index (κ1) is 15.9. The molecule has 0 radical (unpaired) electrons. The zero-order chi connectivity index (χ0) is 15.6. The fourth-order valence-corrected chi connectivity index (χ4v) is 3.03. The van der Waals surface area contributed by atoms with Crippen LogP contribution < -0.4 is 11.1 Å². The third kappa shape index (κ3) is 3.24. The summed E-state index contributed by atoms with van der Waals surface area (Å²) in [5.41, 5.74) is 9.61. The van der Waals surface area contributed by atoms with Crippen LogP contribution in [-0.4, -0.2) is 4.99 Å². The van der Waals surface area contributed by atoms with Gasteiger partial charge in [-0.05, 0) is 52.5 Å². The van der Waals surface area contributed by atoms with Crippen molar-refractivity contribution in [1.29, 1.82) is 0 Å². The Balaban J connectivity index is 2.46. The maximum atomic E-state index is 14.5. The highest BCUT2D eigenvalue weighted by molar-refractivity contribution is 9.10. The first-order valence-corrected chi connectivity index (χ1v) is 7.79. The topological polar surface area (TPSA) is 38.0 Å². The van der Waals surface area contributed by atoms with Crippen LogP contribution in [0.5, 0.6) is 0 Å². The molecule has 5 heteroatoms. The van der Waals surface area contributed by atoms with E-state index in [0.29, 0.717) is 11.3 Å². The largest absolute Gasteiger partial charge is 0.389 e. The van der Waals surface area contributed by atoms with E-state index in [2.05, 4.69) is 28.2 Å². The SMILES string of the molecule is CCc1cccc(C)c1Nc1ccc(C(N)=S)c(Br)c1F. The van der Waals surface area contributed by atoms with Crippen LogP contribution in [0.4, 0.5) is 15.8 Å². The molecule has 0 bridgehead atoms. The van der Waals surface area contributed by atoms with E-state index >= 15 is 0 Å². The van der Waals surface area contributed by atoms with E-state index in [4.69, 9.17) is 18.0 Å². The summed E-state index contributed by atoms with van der Waals surface area (Å²) in [4.78, 5) is 0.164. The summed E-state index contributed by atoms with van der Waals surface area (Å²) < 4.78 is 14.7. The molecule has 0 spiro atoms. The van der Waals surface area contributed by atoms with E-state index < -0.39 is 5.82 Å². The average Bonchev–Trinajstić information content (AvgIpc) is 2.45. The van der Waals surface area contributed by atoms with Crippen molar-refractivity contribution in [1.82, 2.24) is 0 Å². The first-order chi connectivity index (χ1) is 9.95. The number of halogens is 2. The second-order valence-corrected chi connectivity index (χ2v) is 5.97. The van der Waals surface area contributed by atoms with Crippen molar-refractivity contribution in [2.24, 2.45) is 5.73 Å². The molecule has 0 atom stereocenters. The molecule has 2 nitrogen and oxygen atoms in total. The van der Waals surface area contributed by atoms with E-state index in [0.717, 1.165) is 23.2 Å². The van der Waals surface area contributed by atoms with E-state index in [-0.39, 0.29) is 9.46 Å². The number of anilines is 2. The van der Waals surface area contributed by atoms with Crippen LogP contribution in [0.25, 0.3) is 0 Å². The number of hydrogen-bond donors (Lipinski definition) is 2. The predicted octanol–water partition coefficient (Wildman–Crippen LogP) is 4.84. The van der Waals surface area contributed by atoms with Gasteiger partial charge in [-0.25, -0.2) is 4.39 Å². The highest BCUT2D eigenvalue weighted by atomic mass is 79.9. The lowest BCUT2D eigenvalue weighted by Gasteiger charge is -2.16. The molecule has 0 saturated heterocycles. The van der Waals surface area contributed by atoms with Crippen molar-refractivity contribution in [2.75, 3.05) is 5.32 Å². The van der Waals surface area contributed by atoms with Gasteiger partial charge in [-0.15, -0.1) is 0 Å². The maximum absolute atomic E-state index is 14.5. The molecule has 0 aromatic heterocycles. The predicted molar refractivity (Wildman–Crippen MR) is 93.8 cm³/mol. The lowest BCUT2D eigenvalue weighted by molar-refractivity contribution is 0.625. The zero-order valence-corrected chi connectivity index (χ0v) is 14.2. The number of thiocarbonyl (C=S) groups is 1. The van der Waals surface area contributed by atoms with E-state index in [1.165, 1.54) is 0 Å². The van der Waals surface area contributed by atoms with Gasteiger partial charge in [-0.3, -0.25) is 0 Å². The van der Waals surface area contributed by atoms with Crippen molar-refractivity contribution in [3.63, 3.8) is 0 Å². The van der Waals surface area contributed by atoms with Gasteiger partial charge in [0.2, 0.25) is 0 Å². The lowest BCUT2D eigenvalue weighted by atomic mass is 10.1. The third-order valence-corrected chi connectivity index (χ3v) is 4.34. The number of para-hydroxylation sites is 1. The Kier molecular flexibility index (Phi) is 4.96. The van der Waals surface area contributed by atoms with Gasteiger partial charge in [0.1, 0.15) is 4.99 Å². The third-order valence-electron chi connectivity index (χ3n) is 3.35. The van der Waals surface area contributed by atoms with Crippen molar-refractivity contribution in [2.45, 2.75) is 20.3 Å². The molecular weight excluding hydrogens is 351 g/mol. The van der Waals surface area contributed by atoms with Crippen molar-refractivity contribution >= 4 is 44.5 Å². The van der Waals surface area contributed by atoms with Crippen molar-refractivity contribution < 1.29 is 4.39 Å². The Bertz CT molecular complexity index is 701. The van der Waals surface area contributed by atoms with E-state index in [1.54, 1.807) is 12.1 Å². The molecule has 0 aliphatic carbocycles. The summed E-state index contributed by atoms with van der Waals surface area (Å²) >= 11 is 8.12. The van der Waals surface area contributed by atoms with Crippen LogP contribution in [0.1, 0.15) is 23.6 Å². The molecular formula is C16H16BrFN2S. The standard InChI is InChI=1S/C16H16BrFN2S/c1-3-10-6-4-5-9(2)15(10)20-12-8-7-11(16(19)21)13(17)14(12)18/h4-8,20H,3H2,1-2H3,(H2,19,21). The molecule has 0 saturated carbocycles. The summed E-state index contributed by atoms with van der Waals surface area (Å²) in [6, 6.07) is 9.40. The minimum Gasteiger partial charge on any atom is -0.389 e. The van der Waals surface area contributed by atoms with Crippen LogP contribution in [0.2, 0.25) is 0 Å². The monoisotopic (exact) mass is 366 g/mol. The van der Waals surface area contributed by atoms with Gasteiger partial charge in [0.25, 0.3) is 0 Å². The average molecular weight is 367 g/mol. The minimum atomic E-state index is -0.398. The second-order valence-electron chi connectivity index (χ2n) is 4.74. The van der Waals surface area contributed by atoms with Crippen LogP contribution in [0.3, 0.4) is 0 Å². The number of hydrogen-bond acceptors (Lipinski definition) is 2. The Hall–Kier alpha value is -1.46. The maximum Gasteiger partial charge on any atom is 0.161 e. The van der Waals surface area contributed by atoms with E-state index in [9.17, 15) is 4.39 Å². The van der Waals surface area contributed by atoms with Crippen molar-refractivity contribution in [3.05, 3.63) is 57.3 Å². The summed E-state index contributed by atoms with van der Waals surface area (Å²) in [7, 11) is 0. The Morgan fingerprint density at radius 1 is 1.33 bits per heavy atom. The highest BCUT2D eigenvalue weighted by Crippen LogP contribution is 2.31. The summed E-state index contributed by atoms with van der Waals surface area (Å²) in [5.74, 6) is -0.398. The van der Waals surface area contributed by atoms with Gasteiger partial charge < -0.3 is 11.1 Å². The molecule has 0 heterocycles. The summed E-state index contributed by atoms with van der Waals surface area (Å²) in [5, 5.41) is 3.18. The lowest BCUT2D eigenvalue weighted by Crippen LogP contribution is -2.11. The van der Waals surface area contributed by atoms with E-state index in [1.807, 2.05) is 25.1 Å². The van der Waals surface area contributed by atoms with Gasteiger partial charge in [0.05, 0.1) is 10.2 Å². The van der Waals surface area contributed by atoms with Crippen LogP contribution in [0, 0.1) is 12.7 Å². The molecule has 21 heavy (non-hydrogen) atoms. The van der Waals surface area contributed by atoms with Gasteiger partial charge in [-0.2, -0.15) is 0 Å². The van der Waals surface area contributed by atoms with Gasteiger partial charge in [0, 0.05) is 11.3 Å². The Morgan fingerprint density at radius 3 is 2.67 bits per heavy atom. The number of aryl methyl sites for hydroxylation is 2. The number of rotatable bonds is 4. The van der Waals surface area contributed by atoms with Gasteiger partial charge in [-0.1, -0.05) is 37.3 Å². The molecule has 0 aliphatic heterocycles. The molecule has 2 rings (SSSR count). The van der Waals surface area contributed by atoms with Gasteiger partial charge in [0.15, 0.2) is 5.82 Å². The fraction of sp³-hybridized carbons (Fsp3) is 0.188. The minimum absolute atomic E-state index is 0.164. The quantitative estimate of drug-likeness (QED) is 0.760. The Labute approximate surface area is 137 Å². The zero-order valence-electron chi connectivity index (χ0n) is 11.8. The molecule has 0 aliphatic rings. The Morgan fingerprint density at radius 2 is 2.05 bits per heavy atom. The highest BCUT2D eigenvalue weighted by Gasteiger charge is 2.14. The molecule has 0 fully saturated rings. The number of nitrogens with one attached hydrogen (secondary N) is 1. The van der Waals surface area contributed by atoms with Crippen LogP contribution in [0.15, 0.2) is 34.8 Å². The normalized spacial score (nSPS) is 10.5. The number of nitrogens with two attached hydrogens (primary N) is 1. The number of benzene rings is 2. The molecule has 3 N–H and O–H groups in total. The van der Waals surface area contributed by atoms with Gasteiger partial charge >= 0.3 is 0 Å². The van der Waals surface area contributed by atoms with Crippen LogP contribution >= 0.6 is 28.1 Å². The smallest absolute Gasteiger partial charge is 0.161 e. The van der Waals surface area contributed by atoms with Crippen LogP contribution in [-0.2, 0) is 6.42 Å². The summed E-state index contributed by atoms with van der Waals surface area (Å²) in [6.45, 7) is 4.07. The van der Waals surface area contributed by atoms with Crippen molar-refractivity contribution in [3.8, 4) is 0 Å². The molecule has 110 valence electrons.